The van der Waals surface area contributed by atoms with E-state index in [4.69, 9.17) is 36.9 Å². The normalized spacial score (nSPS) is 10.4. The molecule has 2 N–H and O–H groups in total. The van der Waals surface area contributed by atoms with Gasteiger partial charge < -0.3 is 24.7 Å². The van der Waals surface area contributed by atoms with Crippen LogP contribution >= 0.6 is 12.2 Å². The minimum atomic E-state index is 0.337. The Bertz CT molecular complexity index is 440. The number of hydrogen-bond donors (Lipinski definition) is 1. The zero-order valence-electron chi connectivity index (χ0n) is 12.6. The van der Waals surface area contributed by atoms with Gasteiger partial charge in [-0.2, -0.15) is 0 Å². The molecule has 1 aromatic rings. The smallest absolute Gasteiger partial charge is 0.161 e. The van der Waals surface area contributed by atoms with E-state index in [1.165, 1.54) is 0 Å². The lowest BCUT2D eigenvalue weighted by Crippen LogP contribution is -2.11. The molecule has 0 radical (unpaired) electrons. The van der Waals surface area contributed by atoms with E-state index in [0.717, 1.165) is 12.0 Å². The van der Waals surface area contributed by atoms with Gasteiger partial charge in [-0.25, -0.2) is 0 Å². The molecule has 118 valence electrons. The Labute approximate surface area is 131 Å². The maximum Gasteiger partial charge on any atom is 0.161 e. The third-order valence-electron chi connectivity index (χ3n) is 2.65. The lowest BCUT2D eigenvalue weighted by Gasteiger charge is -2.13. The quantitative estimate of drug-likeness (QED) is 0.499. The Kier molecular flexibility index (Phi) is 8.73. The zero-order chi connectivity index (χ0) is 15.5. The van der Waals surface area contributed by atoms with Crippen molar-refractivity contribution in [2.45, 2.75) is 13.3 Å². The van der Waals surface area contributed by atoms with E-state index in [1.54, 1.807) is 13.2 Å². The van der Waals surface area contributed by atoms with E-state index in [-0.39, 0.29) is 0 Å². The maximum absolute atomic E-state index is 5.67. The minimum absolute atomic E-state index is 0.337. The SMILES string of the molecule is CCOc1cc(C(N)=S)ccc1OCCOCCCOC. The fraction of sp³-hybridized carbons (Fsp3) is 0.533. The Morgan fingerprint density at radius 1 is 1.10 bits per heavy atom. The van der Waals surface area contributed by atoms with E-state index in [9.17, 15) is 0 Å². The molecule has 0 aliphatic carbocycles. The summed E-state index contributed by atoms with van der Waals surface area (Å²) in [5.41, 5.74) is 6.37. The third-order valence-corrected chi connectivity index (χ3v) is 2.89. The molecule has 0 saturated heterocycles. The van der Waals surface area contributed by atoms with Gasteiger partial charge in [0.05, 0.1) is 13.2 Å². The van der Waals surface area contributed by atoms with Crippen molar-refractivity contribution in [1.82, 2.24) is 0 Å². The number of hydrogen-bond acceptors (Lipinski definition) is 5. The first-order chi connectivity index (χ1) is 10.2. The molecular weight excluding hydrogens is 290 g/mol. The molecule has 0 saturated carbocycles. The molecule has 0 unspecified atom stereocenters. The monoisotopic (exact) mass is 313 g/mol. The summed E-state index contributed by atoms with van der Waals surface area (Å²) in [5.74, 6) is 1.31. The lowest BCUT2D eigenvalue weighted by atomic mass is 10.2. The third kappa shape index (κ3) is 6.75. The van der Waals surface area contributed by atoms with Crippen LogP contribution < -0.4 is 15.2 Å². The van der Waals surface area contributed by atoms with Crippen LogP contribution in [0.5, 0.6) is 11.5 Å². The van der Waals surface area contributed by atoms with Crippen molar-refractivity contribution in [3.8, 4) is 11.5 Å². The van der Waals surface area contributed by atoms with Crippen molar-refractivity contribution in [2.24, 2.45) is 5.73 Å². The van der Waals surface area contributed by atoms with Crippen LogP contribution in [0.3, 0.4) is 0 Å². The summed E-state index contributed by atoms with van der Waals surface area (Å²) in [4.78, 5) is 0.337. The molecule has 0 amide bonds. The van der Waals surface area contributed by atoms with E-state index in [0.29, 0.717) is 49.5 Å². The van der Waals surface area contributed by atoms with Crippen molar-refractivity contribution >= 4 is 17.2 Å². The Morgan fingerprint density at radius 2 is 1.90 bits per heavy atom. The molecule has 0 fully saturated rings. The first-order valence-corrected chi connectivity index (χ1v) is 7.36. The van der Waals surface area contributed by atoms with Crippen molar-refractivity contribution in [3.63, 3.8) is 0 Å². The highest BCUT2D eigenvalue weighted by Gasteiger charge is 2.07. The van der Waals surface area contributed by atoms with Gasteiger partial charge in [-0.1, -0.05) is 12.2 Å². The molecule has 5 nitrogen and oxygen atoms in total. The van der Waals surface area contributed by atoms with E-state index in [1.807, 2.05) is 19.1 Å². The molecule has 1 rings (SSSR count). The number of benzene rings is 1. The molecule has 0 atom stereocenters. The number of nitrogens with two attached hydrogens (primary N) is 1. The maximum atomic E-state index is 5.67. The second-order valence-corrected chi connectivity index (χ2v) is 4.71. The largest absolute Gasteiger partial charge is 0.490 e. The Hall–Kier alpha value is -1.37. The second kappa shape index (κ2) is 10.4. The van der Waals surface area contributed by atoms with Crippen molar-refractivity contribution < 1.29 is 18.9 Å². The molecule has 0 aliphatic rings. The second-order valence-electron chi connectivity index (χ2n) is 4.27. The van der Waals surface area contributed by atoms with Crippen LogP contribution in [-0.2, 0) is 9.47 Å². The molecule has 0 heterocycles. The minimum Gasteiger partial charge on any atom is -0.490 e. The van der Waals surface area contributed by atoms with Crippen LogP contribution in [-0.4, -0.2) is 45.1 Å². The number of rotatable bonds is 11. The van der Waals surface area contributed by atoms with Gasteiger partial charge in [-0.05, 0) is 31.5 Å². The average Bonchev–Trinajstić information content (AvgIpc) is 2.47. The van der Waals surface area contributed by atoms with Gasteiger partial charge in [-0.15, -0.1) is 0 Å². The van der Waals surface area contributed by atoms with E-state index >= 15 is 0 Å². The predicted molar refractivity (Wildman–Crippen MR) is 86.3 cm³/mol. The Morgan fingerprint density at radius 3 is 2.57 bits per heavy atom. The van der Waals surface area contributed by atoms with Gasteiger partial charge in [0.15, 0.2) is 11.5 Å². The van der Waals surface area contributed by atoms with Crippen LogP contribution in [0.2, 0.25) is 0 Å². The first kappa shape index (κ1) is 17.7. The molecule has 0 spiro atoms. The molecule has 21 heavy (non-hydrogen) atoms. The highest BCUT2D eigenvalue weighted by atomic mass is 32.1. The zero-order valence-corrected chi connectivity index (χ0v) is 13.4. The number of ether oxygens (including phenoxy) is 4. The van der Waals surface area contributed by atoms with Gasteiger partial charge in [0.1, 0.15) is 11.6 Å². The summed E-state index contributed by atoms with van der Waals surface area (Å²) < 4.78 is 21.6. The number of thiocarbonyl (C=S) groups is 1. The van der Waals surface area contributed by atoms with Crippen LogP contribution in [0.4, 0.5) is 0 Å². The van der Waals surface area contributed by atoms with Crippen LogP contribution in [0.25, 0.3) is 0 Å². The summed E-state index contributed by atoms with van der Waals surface area (Å²) in [6.07, 6.45) is 0.878. The highest BCUT2D eigenvalue weighted by Crippen LogP contribution is 2.28. The van der Waals surface area contributed by atoms with Crippen molar-refractivity contribution in [2.75, 3.05) is 40.1 Å². The standard InChI is InChI=1S/C15H23NO4S/c1-3-19-14-11-12(15(16)21)5-6-13(14)20-10-9-18-8-4-7-17-2/h5-6,11H,3-4,7-10H2,1-2H3,(H2,16,21). The summed E-state index contributed by atoms with van der Waals surface area (Å²) in [5, 5.41) is 0. The highest BCUT2D eigenvalue weighted by molar-refractivity contribution is 7.80. The van der Waals surface area contributed by atoms with Gasteiger partial charge in [0, 0.05) is 25.9 Å². The fourth-order valence-corrected chi connectivity index (χ4v) is 1.79. The lowest BCUT2D eigenvalue weighted by molar-refractivity contribution is 0.0798. The summed E-state index contributed by atoms with van der Waals surface area (Å²) in [6, 6.07) is 5.42. The van der Waals surface area contributed by atoms with Gasteiger partial charge in [0.2, 0.25) is 0 Å². The van der Waals surface area contributed by atoms with Crippen molar-refractivity contribution in [3.05, 3.63) is 23.8 Å². The predicted octanol–water partition coefficient (Wildman–Crippen LogP) is 2.15. The summed E-state index contributed by atoms with van der Waals surface area (Å²) in [7, 11) is 1.68. The first-order valence-electron chi connectivity index (χ1n) is 6.95. The van der Waals surface area contributed by atoms with Gasteiger partial charge in [0.25, 0.3) is 0 Å². The van der Waals surface area contributed by atoms with Crippen molar-refractivity contribution in [1.29, 1.82) is 0 Å². The molecular formula is C15H23NO4S. The fourth-order valence-electron chi connectivity index (χ4n) is 1.67. The molecule has 0 aromatic heterocycles. The topological polar surface area (TPSA) is 62.9 Å². The van der Waals surface area contributed by atoms with Gasteiger partial charge >= 0.3 is 0 Å². The summed E-state index contributed by atoms with van der Waals surface area (Å²) in [6.45, 7) is 4.80. The van der Waals surface area contributed by atoms with Gasteiger partial charge in [-0.3, -0.25) is 0 Å². The van der Waals surface area contributed by atoms with Crippen LogP contribution in [0.15, 0.2) is 18.2 Å². The summed E-state index contributed by atoms with van der Waals surface area (Å²) >= 11 is 4.96. The molecule has 0 bridgehead atoms. The van der Waals surface area contributed by atoms with Crippen LogP contribution in [0.1, 0.15) is 18.9 Å². The molecule has 0 aliphatic heterocycles. The van der Waals surface area contributed by atoms with E-state index < -0.39 is 0 Å². The number of methoxy groups -OCH3 is 1. The van der Waals surface area contributed by atoms with E-state index in [2.05, 4.69) is 0 Å². The average molecular weight is 313 g/mol. The Balaban J connectivity index is 2.44. The van der Waals surface area contributed by atoms with Crippen LogP contribution in [0, 0.1) is 0 Å². The molecule has 6 heteroatoms. The molecule has 1 aromatic carbocycles.